The summed E-state index contributed by atoms with van der Waals surface area (Å²) in [5.74, 6) is 1.43. The molecular formula is C16H23N3O2. The zero-order valence-corrected chi connectivity index (χ0v) is 12.5. The van der Waals surface area contributed by atoms with Gasteiger partial charge in [0.15, 0.2) is 5.96 Å². The Hall–Kier alpha value is -2.01. The minimum atomic E-state index is 0.475. The SMILES string of the molecule is CCOCCCN=C(N)NCCc1cc2ccccc2o1. The summed E-state index contributed by atoms with van der Waals surface area (Å²) in [5, 5.41) is 4.22. The highest BCUT2D eigenvalue weighted by Gasteiger charge is 2.02. The summed E-state index contributed by atoms with van der Waals surface area (Å²) in [5.41, 5.74) is 6.72. The van der Waals surface area contributed by atoms with Gasteiger partial charge >= 0.3 is 0 Å². The summed E-state index contributed by atoms with van der Waals surface area (Å²) in [7, 11) is 0. The summed E-state index contributed by atoms with van der Waals surface area (Å²) in [6.07, 6.45) is 1.67. The fourth-order valence-electron chi connectivity index (χ4n) is 2.04. The number of fused-ring (bicyclic) bond motifs is 1. The van der Waals surface area contributed by atoms with Crippen molar-refractivity contribution in [2.24, 2.45) is 10.7 Å². The maximum absolute atomic E-state index is 5.80. The number of nitrogens with one attached hydrogen (secondary N) is 1. The Morgan fingerprint density at radius 1 is 1.38 bits per heavy atom. The van der Waals surface area contributed by atoms with Crippen molar-refractivity contribution in [3.05, 3.63) is 36.1 Å². The van der Waals surface area contributed by atoms with E-state index in [2.05, 4.69) is 16.4 Å². The molecule has 0 fully saturated rings. The molecule has 0 aliphatic rings. The largest absolute Gasteiger partial charge is 0.461 e. The Morgan fingerprint density at radius 2 is 2.24 bits per heavy atom. The van der Waals surface area contributed by atoms with E-state index in [9.17, 15) is 0 Å². The Kier molecular flexibility index (Phi) is 6.09. The van der Waals surface area contributed by atoms with E-state index in [4.69, 9.17) is 14.9 Å². The molecule has 0 radical (unpaired) electrons. The first-order valence-electron chi connectivity index (χ1n) is 7.38. The number of rotatable bonds is 8. The molecule has 0 saturated carbocycles. The molecule has 0 spiro atoms. The lowest BCUT2D eigenvalue weighted by Gasteiger charge is -2.04. The second kappa shape index (κ2) is 8.32. The van der Waals surface area contributed by atoms with Gasteiger partial charge in [-0.1, -0.05) is 18.2 Å². The minimum absolute atomic E-state index is 0.475. The van der Waals surface area contributed by atoms with E-state index >= 15 is 0 Å². The molecule has 1 heterocycles. The highest BCUT2D eigenvalue weighted by Crippen LogP contribution is 2.18. The summed E-state index contributed by atoms with van der Waals surface area (Å²) in [6, 6.07) is 10.1. The molecule has 5 heteroatoms. The maximum atomic E-state index is 5.80. The van der Waals surface area contributed by atoms with Gasteiger partial charge in [-0.3, -0.25) is 4.99 Å². The summed E-state index contributed by atoms with van der Waals surface area (Å²) in [4.78, 5) is 4.24. The van der Waals surface area contributed by atoms with Crippen LogP contribution in [0.15, 0.2) is 39.7 Å². The van der Waals surface area contributed by atoms with Crippen molar-refractivity contribution in [3.8, 4) is 0 Å². The normalized spacial score (nSPS) is 12.0. The van der Waals surface area contributed by atoms with Crippen molar-refractivity contribution < 1.29 is 9.15 Å². The van der Waals surface area contributed by atoms with Crippen LogP contribution in [0.1, 0.15) is 19.1 Å². The van der Waals surface area contributed by atoms with Crippen LogP contribution >= 0.6 is 0 Å². The molecule has 0 bridgehead atoms. The fraction of sp³-hybridized carbons (Fsp3) is 0.438. The highest BCUT2D eigenvalue weighted by molar-refractivity contribution is 5.78. The molecule has 1 aromatic heterocycles. The Labute approximate surface area is 125 Å². The topological polar surface area (TPSA) is 72.8 Å². The molecule has 5 nitrogen and oxygen atoms in total. The standard InChI is InChI=1S/C16H23N3O2/c1-2-20-11-5-9-18-16(17)19-10-8-14-12-13-6-3-4-7-15(13)21-14/h3-4,6-7,12H,2,5,8-11H2,1H3,(H3,17,18,19). The molecule has 3 N–H and O–H groups in total. The molecule has 114 valence electrons. The first-order valence-corrected chi connectivity index (χ1v) is 7.38. The average Bonchev–Trinajstić information content (AvgIpc) is 2.89. The Bertz CT molecular complexity index is 545. The third-order valence-electron chi connectivity index (χ3n) is 3.09. The first kappa shape index (κ1) is 15.4. The first-order chi connectivity index (χ1) is 10.3. The van der Waals surface area contributed by atoms with E-state index in [0.717, 1.165) is 42.8 Å². The number of guanidine groups is 1. The van der Waals surface area contributed by atoms with Crippen LogP contribution in [0.25, 0.3) is 11.0 Å². The predicted molar refractivity (Wildman–Crippen MR) is 85.5 cm³/mol. The van der Waals surface area contributed by atoms with Gasteiger partial charge in [-0.2, -0.15) is 0 Å². The van der Waals surface area contributed by atoms with E-state index in [-0.39, 0.29) is 0 Å². The highest BCUT2D eigenvalue weighted by atomic mass is 16.5. The third-order valence-corrected chi connectivity index (χ3v) is 3.09. The molecule has 0 unspecified atom stereocenters. The third kappa shape index (κ3) is 5.11. The molecule has 0 aliphatic carbocycles. The van der Waals surface area contributed by atoms with Gasteiger partial charge in [0.2, 0.25) is 0 Å². The fourth-order valence-corrected chi connectivity index (χ4v) is 2.04. The Balaban J connectivity index is 1.69. The molecule has 0 saturated heterocycles. The van der Waals surface area contributed by atoms with Gasteiger partial charge in [-0.25, -0.2) is 0 Å². The van der Waals surface area contributed by atoms with Crippen LogP contribution in [0.2, 0.25) is 0 Å². The van der Waals surface area contributed by atoms with Crippen LogP contribution < -0.4 is 11.1 Å². The van der Waals surface area contributed by atoms with Gasteiger partial charge in [0, 0.05) is 38.1 Å². The van der Waals surface area contributed by atoms with Crippen LogP contribution in [-0.2, 0) is 11.2 Å². The van der Waals surface area contributed by atoms with Gasteiger partial charge in [0.1, 0.15) is 11.3 Å². The number of furan rings is 1. The van der Waals surface area contributed by atoms with E-state index in [1.165, 1.54) is 0 Å². The summed E-state index contributed by atoms with van der Waals surface area (Å²) in [6.45, 7) is 4.85. The summed E-state index contributed by atoms with van der Waals surface area (Å²) < 4.78 is 11.0. The number of nitrogens with two attached hydrogens (primary N) is 1. The monoisotopic (exact) mass is 289 g/mol. The van der Waals surface area contributed by atoms with Gasteiger partial charge in [-0.05, 0) is 25.5 Å². The van der Waals surface area contributed by atoms with Crippen molar-refractivity contribution in [1.29, 1.82) is 0 Å². The molecule has 21 heavy (non-hydrogen) atoms. The molecule has 2 rings (SSSR count). The minimum Gasteiger partial charge on any atom is -0.461 e. The van der Waals surface area contributed by atoms with Crippen molar-refractivity contribution in [1.82, 2.24) is 5.32 Å². The molecule has 0 aliphatic heterocycles. The quantitative estimate of drug-likeness (QED) is 0.444. The molecule has 0 amide bonds. The maximum Gasteiger partial charge on any atom is 0.188 e. The van der Waals surface area contributed by atoms with Crippen molar-refractivity contribution in [2.75, 3.05) is 26.3 Å². The molecule has 1 aromatic carbocycles. The number of hydrogen-bond donors (Lipinski definition) is 2. The van der Waals surface area contributed by atoms with E-state index in [1.54, 1.807) is 0 Å². The van der Waals surface area contributed by atoms with E-state index in [1.807, 2.05) is 31.2 Å². The lowest BCUT2D eigenvalue weighted by Crippen LogP contribution is -2.33. The molecule has 2 aromatic rings. The zero-order chi connectivity index (χ0) is 14.9. The van der Waals surface area contributed by atoms with Gasteiger partial charge < -0.3 is 20.2 Å². The van der Waals surface area contributed by atoms with Gasteiger partial charge in [-0.15, -0.1) is 0 Å². The van der Waals surface area contributed by atoms with Crippen molar-refractivity contribution >= 4 is 16.9 Å². The van der Waals surface area contributed by atoms with Crippen molar-refractivity contribution in [2.45, 2.75) is 19.8 Å². The van der Waals surface area contributed by atoms with Crippen LogP contribution in [-0.4, -0.2) is 32.3 Å². The summed E-state index contributed by atoms with van der Waals surface area (Å²) >= 11 is 0. The molecule has 0 atom stereocenters. The second-order valence-electron chi connectivity index (χ2n) is 4.74. The number of aliphatic imine (C=N–C) groups is 1. The number of hydrogen-bond acceptors (Lipinski definition) is 3. The van der Waals surface area contributed by atoms with Crippen molar-refractivity contribution in [3.63, 3.8) is 0 Å². The lowest BCUT2D eigenvalue weighted by atomic mass is 10.2. The van der Waals surface area contributed by atoms with Crippen LogP contribution in [0, 0.1) is 0 Å². The van der Waals surface area contributed by atoms with Gasteiger partial charge in [0.25, 0.3) is 0 Å². The smallest absolute Gasteiger partial charge is 0.188 e. The lowest BCUT2D eigenvalue weighted by molar-refractivity contribution is 0.146. The Morgan fingerprint density at radius 3 is 3.05 bits per heavy atom. The van der Waals surface area contributed by atoms with E-state index in [0.29, 0.717) is 19.0 Å². The van der Waals surface area contributed by atoms with Crippen LogP contribution in [0.4, 0.5) is 0 Å². The zero-order valence-electron chi connectivity index (χ0n) is 12.5. The van der Waals surface area contributed by atoms with Crippen LogP contribution in [0.3, 0.4) is 0 Å². The number of para-hydroxylation sites is 1. The number of ether oxygens (including phenoxy) is 1. The van der Waals surface area contributed by atoms with Crippen LogP contribution in [0.5, 0.6) is 0 Å². The second-order valence-corrected chi connectivity index (χ2v) is 4.74. The average molecular weight is 289 g/mol. The number of nitrogens with zero attached hydrogens (tertiary/aromatic N) is 1. The van der Waals surface area contributed by atoms with E-state index < -0.39 is 0 Å². The molecular weight excluding hydrogens is 266 g/mol. The predicted octanol–water partition coefficient (Wildman–Crippen LogP) is 2.31. The number of benzene rings is 1. The van der Waals surface area contributed by atoms with Gasteiger partial charge in [0.05, 0.1) is 0 Å².